The van der Waals surface area contributed by atoms with Crippen LogP contribution in [0.15, 0.2) is 67.0 Å². The van der Waals surface area contributed by atoms with Gasteiger partial charge in [-0.15, -0.1) is 0 Å². The van der Waals surface area contributed by atoms with E-state index in [4.69, 9.17) is 16.2 Å². The number of rotatable bonds is 8. The summed E-state index contributed by atoms with van der Waals surface area (Å²) in [7, 11) is 1.35. The summed E-state index contributed by atoms with van der Waals surface area (Å²) in [6.45, 7) is 0.0369. The summed E-state index contributed by atoms with van der Waals surface area (Å²) >= 11 is 0. The lowest BCUT2D eigenvalue weighted by atomic mass is 10.0. The number of ether oxygens (including phenoxy) is 1. The van der Waals surface area contributed by atoms with Crippen LogP contribution in [-0.2, 0) is 6.54 Å². The Kier molecular flexibility index (Phi) is 7.51. The molecule has 9 nitrogen and oxygen atoms in total. The largest absolute Gasteiger partial charge is 0.496 e. The number of aromatic nitrogens is 3. The van der Waals surface area contributed by atoms with Crippen molar-refractivity contribution in [2.75, 3.05) is 12.8 Å². The van der Waals surface area contributed by atoms with E-state index in [0.29, 0.717) is 10.2 Å². The molecule has 2 amide bonds. The van der Waals surface area contributed by atoms with Gasteiger partial charge in [-0.2, -0.15) is 18.3 Å². The number of nitrogen functional groups attached to an aromatic ring is 1. The molecule has 13 heteroatoms. The van der Waals surface area contributed by atoms with Gasteiger partial charge in [-0.05, 0) is 29.8 Å². The van der Waals surface area contributed by atoms with E-state index in [2.05, 4.69) is 15.4 Å². The van der Waals surface area contributed by atoms with Crippen LogP contribution in [0.25, 0.3) is 11.3 Å². The summed E-state index contributed by atoms with van der Waals surface area (Å²) in [5.41, 5.74) is 11.6. The molecule has 0 bridgehead atoms. The lowest BCUT2D eigenvalue weighted by Crippen LogP contribution is -2.30. The molecule has 0 aliphatic rings. The first-order valence-corrected chi connectivity index (χ1v) is 11.4. The summed E-state index contributed by atoms with van der Waals surface area (Å²) in [5, 5.41) is 6.68. The maximum atomic E-state index is 14.1. The third-order valence-electron chi connectivity index (χ3n) is 5.84. The summed E-state index contributed by atoms with van der Waals surface area (Å²) in [4.78, 5) is 28.5. The van der Waals surface area contributed by atoms with Gasteiger partial charge >= 0.3 is 6.18 Å². The molecule has 4 aromatic rings. The molecule has 1 atom stereocenters. The van der Waals surface area contributed by atoms with Crippen molar-refractivity contribution in [3.63, 3.8) is 0 Å². The number of alkyl halides is 3. The zero-order chi connectivity index (χ0) is 28.3. The fraction of sp³-hybridized carbons (Fsp3) is 0.154. The minimum atomic E-state index is -4.82. The molecule has 2 aromatic heterocycles. The number of nitrogens with zero attached hydrogens (tertiary/aromatic N) is 3. The Hall–Kier alpha value is -4.94. The highest BCUT2D eigenvalue weighted by Crippen LogP contribution is 2.39. The number of nitrogens with one attached hydrogen (secondary N) is 1. The number of halogens is 4. The van der Waals surface area contributed by atoms with E-state index >= 15 is 0 Å². The second-order valence-corrected chi connectivity index (χ2v) is 8.37. The fourth-order valence-electron chi connectivity index (χ4n) is 4.01. The van der Waals surface area contributed by atoms with Gasteiger partial charge in [0.2, 0.25) is 0 Å². The van der Waals surface area contributed by atoms with Crippen LogP contribution in [-0.4, -0.2) is 39.9 Å². The number of benzene rings is 2. The first-order chi connectivity index (χ1) is 18.5. The van der Waals surface area contributed by atoms with Gasteiger partial charge in [0.25, 0.3) is 11.8 Å². The lowest BCUT2D eigenvalue weighted by molar-refractivity contribution is -0.158. The average molecular weight is 542 g/mol. The normalized spacial score (nSPS) is 12.1. The van der Waals surface area contributed by atoms with Crippen LogP contribution in [0.1, 0.15) is 37.9 Å². The quantitative estimate of drug-likeness (QED) is 0.289. The van der Waals surface area contributed by atoms with Gasteiger partial charge in [-0.1, -0.05) is 30.3 Å². The van der Waals surface area contributed by atoms with Crippen LogP contribution in [0.2, 0.25) is 0 Å². The Bertz CT molecular complexity index is 1500. The molecular weight excluding hydrogens is 520 g/mol. The number of pyridine rings is 1. The predicted molar refractivity (Wildman–Crippen MR) is 133 cm³/mol. The number of amides is 2. The van der Waals surface area contributed by atoms with Gasteiger partial charge in [0.15, 0.2) is 6.04 Å². The Morgan fingerprint density at radius 3 is 2.44 bits per heavy atom. The number of carbonyl (C=O) groups is 2. The number of methoxy groups -OCH3 is 1. The number of hydrogen-bond acceptors (Lipinski definition) is 6. The maximum Gasteiger partial charge on any atom is 0.415 e. The lowest BCUT2D eigenvalue weighted by Gasteiger charge is -2.22. The molecule has 4 rings (SSSR count). The Labute approximate surface area is 219 Å². The number of nitrogens with two attached hydrogens (primary N) is 2. The van der Waals surface area contributed by atoms with Crippen LogP contribution < -0.4 is 21.5 Å². The van der Waals surface area contributed by atoms with Crippen LogP contribution in [0.5, 0.6) is 5.75 Å². The van der Waals surface area contributed by atoms with Crippen molar-refractivity contribution in [3.05, 3.63) is 95.1 Å². The van der Waals surface area contributed by atoms with Crippen LogP contribution in [0.4, 0.5) is 23.4 Å². The molecule has 0 saturated heterocycles. The summed E-state index contributed by atoms with van der Waals surface area (Å²) in [6.07, 6.45) is -2.46. The predicted octanol–water partition coefficient (Wildman–Crippen LogP) is 3.86. The minimum Gasteiger partial charge on any atom is -0.496 e. The molecule has 0 radical (unpaired) electrons. The van der Waals surface area contributed by atoms with Gasteiger partial charge < -0.3 is 21.5 Å². The highest BCUT2D eigenvalue weighted by atomic mass is 19.4. The van der Waals surface area contributed by atoms with Crippen LogP contribution in [0.3, 0.4) is 0 Å². The average Bonchev–Trinajstić information content (AvgIpc) is 3.24. The minimum absolute atomic E-state index is 0.00840. The van der Waals surface area contributed by atoms with Gasteiger partial charge in [0.05, 0.1) is 12.7 Å². The van der Waals surface area contributed by atoms with Crippen molar-refractivity contribution in [1.29, 1.82) is 0 Å². The van der Waals surface area contributed by atoms with Crippen LogP contribution >= 0.6 is 0 Å². The Morgan fingerprint density at radius 1 is 1.13 bits per heavy atom. The molecule has 0 spiro atoms. The van der Waals surface area contributed by atoms with Crippen molar-refractivity contribution in [1.82, 2.24) is 20.1 Å². The molecule has 202 valence electrons. The van der Waals surface area contributed by atoms with E-state index in [0.717, 1.165) is 18.3 Å². The molecule has 0 saturated carbocycles. The molecule has 39 heavy (non-hydrogen) atoms. The van der Waals surface area contributed by atoms with Gasteiger partial charge in [-0.25, -0.2) is 9.07 Å². The zero-order valence-electron chi connectivity index (χ0n) is 20.4. The molecular formula is C26H22F4N6O3. The SMILES string of the molecule is COc1ccc(F)cc1C(=O)NCc1ccc(-c2nn(C(c3cccnc3)C(F)(F)F)c(N)c2C(N)=O)cc1. The molecule has 1 unspecified atom stereocenters. The van der Waals surface area contributed by atoms with Crippen molar-refractivity contribution in [2.45, 2.75) is 18.8 Å². The monoisotopic (exact) mass is 542 g/mol. The smallest absolute Gasteiger partial charge is 0.415 e. The first kappa shape index (κ1) is 27.1. The molecule has 0 fully saturated rings. The second kappa shape index (κ2) is 10.8. The molecule has 0 aliphatic heterocycles. The number of primary amides is 1. The summed E-state index contributed by atoms with van der Waals surface area (Å²) in [5.74, 6) is -2.60. The van der Waals surface area contributed by atoms with Gasteiger partial charge in [0, 0.05) is 30.1 Å². The van der Waals surface area contributed by atoms with E-state index in [1.54, 1.807) is 12.1 Å². The second-order valence-electron chi connectivity index (χ2n) is 8.37. The van der Waals surface area contributed by atoms with E-state index in [1.807, 2.05) is 0 Å². The molecule has 2 heterocycles. The fourth-order valence-corrected chi connectivity index (χ4v) is 4.01. The van der Waals surface area contributed by atoms with Gasteiger partial charge in [0.1, 0.15) is 28.6 Å². The van der Waals surface area contributed by atoms with Gasteiger partial charge in [-0.3, -0.25) is 14.6 Å². The number of carbonyl (C=O) groups excluding carboxylic acids is 2. The standard InChI is InChI=1S/C26H22F4N6O3/c1-39-19-9-8-17(27)11-18(19)25(38)34-12-14-4-6-15(7-5-14)21-20(24(32)37)23(31)36(35-21)22(26(28,29)30)16-3-2-10-33-13-16/h2-11,13,22H,12,31H2,1H3,(H2,32,37)(H,34,38). The highest BCUT2D eigenvalue weighted by molar-refractivity contribution is 6.03. The Balaban J connectivity index is 1.63. The van der Waals surface area contributed by atoms with Crippen molar-refractivity contribution in [2.24, 2.45) is 5.73 Å². The molecule has 2 aromatic carbocycles. The number of anilines is 1. The third kappa shape index (κ3) is 5.66. The first-order valence-electron chi connectivity index (χ1n) is 11.4. The molecule has 5 N–H and O–H groups in total. The van der Waals surface area contributed by atoms with E-state index in [1.165, 1.54) is 43.6 Å². The topological polar surface area (TPSA) is 138 Å². The highest BCUT2D eigenvalue weighted by Gasteiger charge is 2.45. The Morgan fingerprint density at radius 2 is 1.85 bits per heavy atom. The van der Waals surface area contributed by atoms with E-state index in [9.17, 15) is 27.2 Å². The summed E-state index contributed by atoms with van der Waals surface area (Å²) < 4.78 is 61.5. The van der Waals surface area contributed by atoms with Crippen LogP contribution in [0, 0.1) is 5.82 Å². The number of hydrogen-bond donors (Lipinski definition) is 3. The maximum absolute atomic E-state index is 14.1. The van der Waals surface area contributed by atoms with Crippen molar-refractivity contribution < 1.29 is 31.9 Å². The van der Waals surface area contributed by atoms with E-state index < -0.39 is 35.7 Å². The zero-order valence-corrected chi connectivity index (χ0v) is 20.4. The molecule has 0 aliphatic carbocycles. The third-order valence-corrected chi connectivity index (χ3v) is 5.84. The summed E-state index contributed by atoms with van der Waals surface area (Å²) in [6, 6.07) is 9.92. The van der Waals surface area contributed by atoms with Crippen molar-refractivity contribution in [3.8, 4) is 17.0 Å². The van der Waals surface area contributed by atoms with E-state index in [-0.39, 0.29) is 40.2 Å². The van der Waals surface area contributed by atoms with Crippen molar-refractivity contribution >= 4 is 17.6 Å².